The van der Waals surface area contributed by atoms with Crippen molar-refractivity contribution in [1.29, 1.82) is 0 Å². The van der Waals surface area contributed by atoms with E-state index < -0.39 is 5.97 Å². The molecule has 21 heavy (non-hydrogen) atoms. The van der Waals surface area contributed by atoms with Gasteiger partial charge in [-0.15, -0.1) is 0 Å². The van der Waals surface area contributed by atoms with E-state index in [4.69, 9.17) is 9.47 Å². The Bertz CT molecular complexity index is 636. The zero-order valence-electron chi connectivity index (χ0n) is 12.2. The summed E-state index contributed by atoms with van der Waals surface area (Å²) in [4.78, 5) is 12.2. The summed E-state index contributed by atoms with van der Waals surface area (Å²) in [6.07, 6.45) is 0.0226. The molecule has 0 spiro atoms. The van der Waals surface area contributed by atoms with Crippen LogP contribution in [0.3, 0.4) is 0 Å². The number of halogens is 1. The third-order valence-corrected chi connectivity index (χ3v) is 3.73. The zero-order valence-corrected chi connectivity index (χ0v) is 13.8. The van der Waals surface area contributed by atoms with Crippen LogP contribution in [0, 0.1) is 0 Å². The van der Waals surface area contributed by atoms with E-state index in [0.29, 0.717) is 15.8 Å². The molecule has 2 rings (SSSR count). The summed E-state index contributed by atoms with van der Waals surface area (Å²) in [6.45, 7) is 3.88. The first-order chi connectivity index (χ1) is 10.0. The number of benzene rings is 2. The number of hydrogen-bond acceptors (Lipinski definition) is 3. The van der Waals surface area contributed by atoms with Crippen LogP contribution in [-0.4, -0.2) is 19.2 Å². The molecule has 0 aliphatic carbocycles. The van der Waals surface area contributed by atoms with Gasteiger partial charge in [-0.3, -0.25) is 0 Å². The van der Waals surface area contributed by atoms with Crippen LogP contribution in [0.15, 0.2) is 46.9 Å². The minimum atomic E-state index is -0.394. The summed E-state index contributed by atoms with van der Waals surface area (Å²) in [6, 6.07) is 13.5. The SMILES string of the molecule is COC(=O)c1c(-c2ccccc2)ccc(OC(C)C)c1Br. The van der Waals surface area contributed by atoms with E-state index in [0.717, 1.165) is 11.1 Å². The van der Waals surface area contributed by atoms with E-state index >= 15 is 0 Å². The third kappa shape index (κ3) is 3.45. The molecule has 0 N–H and O–H groups in total. The van der Waals surface area contributed by atoms with Crippen LogP contribution in [0.5, 0.6) is 5.75 Å². The molecule has 0 fully saturated rings. The van der Waals surface area contributed by atoms with Crippen LogP contribution in [0.4, 0.5) is 0 Å². The Kier molecular flexibility index (Phi) is 5.02. The number of carbonyl (C=O) groups is 1. The van der Waals surface area contributed by atoms with Crippen LogP contribution < -0.4 is 4.74 Å². The fraction of sp³-hybridized carbons (Fsp3) is 0.235. The molecular weight excluding hydrogens is 332 g/mol. The molecule has 0 bridgehead atoms. The summed E-state index contributed by atoms with van der Waals surface area (Å²) in [5.74, 6) is 0.236. The van der Waals surface area contributed by atoms with E-state index in [2.05, 4.69) is 15.9 Å². The van der Waals surface area contributed by atoms with Gasteiger partial charge in [0, 0.05) is 0 Å². The quantitative estimate of drug-likeness (QED) is 0.752. The summed E-state index contributed by atoms with van der Waals surface area (Å²) in [5.41, 5.74) is 2.24. The number of methoxy groups -OCH3 is 1. The third-order valence-electron chi connectivity index (χ3n) is 2.94. The minimum absolute atomic E-state index is 0.0226. The molecule has 0 saturated heterocycles. The minimum Gasteiger partial charge on any atom is -0.490 e. The number of ether oxygens (including phenoxy) is 2. The van der Waals surface area contributed by atoms with Crippen LogP contribution >= 0.6 is 15.9 Å². The monoisotopic (exact) mass is 348 g/mol. The second kappa shape index (κ2) is 6.76. The normalized spacial score (nSPS) is 10.5. The van der Waals surface area contributed by atoms with Gasteiger partial charge in [-0.2, -0.15) is 0 Å². The van der Waals surface area contributed by atoms with Crippen LogP contribution in [0.1, 0.15) is 24.2 Å². The predicted molar refractivity (Wildman–Crippen MR) is 86.7 cm³/mol. The lowest BCUT2D eigenvalue weighted by Crippen LogP contribution is -2.10. The lowest BCUT2D eigenvalue weighted by atomic mass is 9.99. The van der Waals surface area contributed by atoms with Crippen LogP contribution in [0.25, 0.3) is 11.1 Å². The van der Waals surface area contributed by atoms with Crippen LogP contribution in [-0.2, 0) is 4.74 Å². The molecule has 0 atom stereocenters. The number of hydrogen-bond donors (Lipinski definition) is 0. The molecule has 0 saturated carbocycles. The highest BCUT2D eigenvalue weighted by Gasteiger charge is 2.21. The van der Waals surface area contributed by atoms with Crippen molar-refractivity contribution in [2.24, 2.45) is 0 Å². The van der Waals surface area contributed by atoms with Crippen molar-refractivity contribution >= 4 is 21.9 Å². The topological polar surface area (TPSA) is 35.5 Å². The van der Waals surface area contributed by atoms with Crippen molar-refractivity contribution in [3.8, 4) is 16.9 Å². The predicted octanol–water partition coefficient (Wildman–Crippen LogP) is 4.69. The Hall–Kier alpha value is -1.81. The Morgan fingerprint density at radius 2 is 1.76 bits per heavy atom. The zero-order chi connectivity index (χ0) is 15.4. The van der Waals surface area contributed by atoms with Crippen molar-refractivity contribution in [3.63, 3.8) is 0 Å². The molecule has 0 unspecified atom stereocenters. The van der Waals surface area contributed by atoms with Crippen molar-refractivity contribution in [2.75, 3.05) is 7.11 Å². The Morgan fingerprint density at radius 1 is 1.10 bits per heavy atom. The Balaban J connectivity index is 2.61. The standard InChI is InChI=1S/C17H17BrO3/c1-11(2)21-14-10-9-13(12-7-5-4-6-8-12)15(16(14)18)17(19)20-3/h4-11H,1-3H3. The summed E-state index contributed by atoms with van der Waals surface area (Å²) in [5, 5.41) is 0. The van der Waals surface area contributed by atoms with Gasteiger partial charge in [-0.05, 0) is 53.0 Å². The van der Waals surface area contributed by atoms with Gasteiger partial charge in [0.25, 0.3) is 0 Å². The summed E-state index contributed by atoms with van der Waals surface area (Å²) in [7, 11) is 1.37. The second-order valence-electron chi connectivity index (χ2n) is 4.82. The van der Waals surface area contributed by atoms with E-state index in [1.54, 1.807) is 0 Å². The molecule has 3 nitrogen and oxygen atoms in total. The van der Waals surface area contributed by atoms with Crippen molar-refractivity contribution in [2.45, 2.75) is 20.0 Å². The van der Waals surface area contributed by atoms with E-state index in [-0.39, 0.29) is 6.10 Å². The van der Waals surface area contributed by atoms with Gasteiger partial charge < -0.3 is 9.47 Å². The van der Waals surface area contributed by atoms with Crippen molar-refractivity contribution in [1.82, 2.24) is 0 Å². The first-order valence-corrected chi connectivity index (χ1v) is 7.46. The fourth-order valence-electron chi connectivity index (χ4n) is 2.06. The lowest BCUT2D eigenvalue weighted by molar-refractivity contribution is 0.0599. The Labute approximate surface area is 133 Å². The maximum atomic E-state index is 12.2. The summed E-state index contributed by atoms with van der Waals surface area (Å²) >= 11 is 3.47. The highest BCUT2D eigenvalue weighted by molar-refractivity contribution is 9.10. The molecule has 0 radical (unpaired) electrons. The largest absolute Gasteiger partial charge is 0.490 e. The molecule has 4 heteroatoms. The molecule has 0 aliphatic heterocycles. The molecule has 0 aliphatic rings. The van der Waals surface area contributed by atoms with E-state index in [1.165, 1.54) is 7.11 Å². The maximum Gasteiger partial charge on any atom is 0.339 e. The Morgan fingerprint density at radius 3 is 2.33 bits per heavy atom. The highest BCUT2D eigenvalue weighted by atomic mass is 79.9. The molecule has 0 amide bonds. The number of carbonyl (C=O) groups excluding carboxylic acids is 1. The van der Waals surface area contributed by atoms with Gasteiger partial charge in [0.15, 0.2) is 0 Å². The van der Waals surface area contributed by atoms with E-state index in [1.807, 2.05) is 56.3 Å². The maximum absolute atomic E-state index is 12.2. The smallest absolute Gasteiger partial charge is 0.339 e. The first-order valence-electron chi connectivity index (χ1n) is 6.67. The van der Waals surface area contributed by atoms with Gasteiger partial charge >= 0.3 is 5.97 Å². The van der Waals surface area contributed by atoms with Crippen LogP contribution in [0.2, 0.25) is 0 Å². The van der Waals surface area contributed by atoms with Gasteiger partial charge in [-0.25, -0.2) is 4.79 Å². The van der Waals surface area contributed by atoms with Crippen molar-refractivity contribution < 1.29 is 14.3 Å². The summed E-state index contributed by atoms with van der Waals surface area (Å²) < 4.78 is 11.2. The van der Waals surface area contributed by atoms with Gasteiger partial charge in [-0.1, -0.05) is 30.3 Å². The molecule has 0 aromatic heterocycles. The molecule has 110 valence electrons. The molecule has 0 heterocycles. The molecule has 2 aromatic carbocycles. The van der Waals surface area contributed by atoms with Gasteiger partial charge in [0.2, 0.25) is 0 Å². The second-order valence-corrected chi connectivity index (χ2v) is 5.62. The molecule has 2 aromatic rings. The van der Waals surface area contributed by atoms with Gasteiger partial charge in [0.1, 0.15) is 5.75 Å². The first kappa shape index (κ1) is 15.6. The average molecular weight is 349 g/mol. The van der Waals surface area contributed by atoms with Crippen molar-refractivity contribution in [3.05, 3.63) is 52.5 Å². The lowest BCUT2D eigenvalue weighted by Gasteiger charge is -2.16. The number of rotatable bonds is 4. The highest BCUT2D eigenvalue weighted by Crippen LogP contribution is 2.37. The average Bonchev–Trinajstić information content (AvgIpc) is 2.49. The molecular formula is C17H17BrO3. The van der Waals surface area contributed by atoms with Gasteiger partial charge in [0.05, 0.1) is 23.2 Å². The number of esters is 1. The fourth-order valence-corrected chi connectivity index (χ4v) is 2.66. The van der Waals surface area contributed by atoms with E-state index in [9.17, 15) is 4.79 Å².